The van der Waals surface area contributed by atoms with Crippen LogP contribution in [0.15, 0.2) is 29.3 Å². The van der Waals surface area contributed by atoms with Crippen molar-refractivity contribution in [2.24, 2.45) is 4.99 Å². The Bertz CT molecular complexity index is 559. The summed E-state index contributed by atoms with van der Waals surface area (Å²) in [6.07, 6.45) is 2.61. The Morgan fingerprint density at radius 1 is 1.23 bits per heavy atom. The van der Waals surface area contributed by atoms with Gasteiger partial charge in [0, 0.05) is 78.6 Å². The third-order valence-corrected chi connectivity index (χ3v) is 4.50. The Morgan fingerprint density at radius 2 is 2.04 bits per heavy atom. The van der Waals surface area contributed by atoms with Gasteiger partial charge in [-0.15, -0.1) is 0 Å². The van der Waals surface area contributed by atoms with Gasteiger partial charge < -0.3 is 29.6 Å². The van der Waals surface area contributed by atoms with Crippen molar-refractivity contribution >= 4 is 11.6 Å². The SMILES string of the molecule is CN=C(NCC1(OC)CCOCC1)Nc1cccc(OCCCOC)c1. The quantitative estimate of drug-likeness (QED) is 0.397. The van der Waals surface area contributed by atoms with Gasteiger partial charge in [-0.3, -0.25) is 4.99 Å². The lowest BCUT2D eigenvalue weighted by molar-refractivity contribution is -0.0854. The van der Waals surface area contributed by atoms with Gasteiger partial charge >= 0.3 is 0 Å². The normalized spacial score (nSPS) is 17.0. The molecule has 1 heterocycles. The van der Waals surface area contributed by atoms with Crippen LogP contribution in [0.1, 0.15) is 19.3 Å². The molecule has 1 saturated heterocycles. The zero-order chi connectivity index (χ0) is 18.7. The molecule has 1 aromatic carbocycles. The van der Waals surface area contributed by atoms with Gasteiger partial charge in [-0.05, 0) is 12.1 Å². The highest BCUT2D eigenvalue weighted by Crippen LogP contribution is 2.23. The third kappa shape index (κ3) is 6.48. The van der Waals surface area contributed by atoms with Gasteiger partial charge in [-0.25, -0.2) is 0 Å². The predicted molar refractivity (Wildman–Crippen MR) is 103 cm³/mol. The Morgan fingerprint density at radius 3 is 2.73 bits per heavy atom. The molecule has 0 saturated carbocycles. The van der Waals surface area contributed by atoms with Gasteiger partial charge in [0.15, 0.2) is 5.96 Å². The van der Waals surface area contributed by atoms with Crippen molar-refractivity contribution in [1.29, 1.82) is 0 Å². The maximum absolute atomic E-state index is 5.75. The summed E-state index contributed by atoms with van der Waals surface area (Å²) in [4.78, 5) is 4.30. The summed E-state index contributed by atoms with van der Waals surface area (Å²) in [5, 5.41) is 6.66. The first-order valence-corrected chi connectivity index (χ1v) is 9.04. The van der Waals surface area contributed by atoms with Gasteiger partial charge in [0.25, 0.3) is 0 Å². The second-order valence-electron chi connectivity index (χ2n) is 6.27. The summed E-state index contributed by atoms with van der Waals surface area (Å²) >= 11 is 0. The molecular weight excluding hydrogens is 334 g/mol. The summed E-state index contributed by atoms with van der Waals surface area (Å²) in [6, 6.07) is 7.84. The number of benzene rings is 1. The lowest BCUT2D eigenvalue weighted by Crippen LogP contribution is -2.49. The second kappa shape index (κ2) is 11.0. The lowest BCUT2D eigenvalue weighted by Gasteiger charge is -2.36. The van der Waals surface area contributed by atoms with Crippen LogP contribution in [0.3, 0.4) is 0 Å². The Labute approximate surface area is 156 Å². The van der Waals surface area contributed by atoms with E-state index >= 15 is 0 Å². The zero-order valence-electron chi connectivity index (χ0n) is 16.0. The van der Waals surface area contributed by atoms with E-state index in [1.54, 1.807) is 21.3 Å². The highest BCUT2D eigenvalue weighted by molar-refractivity contribution is 5.93. The summed E-state index contributed by atoms with van der Waals surface area (Å²) in [5.74, 6) is 1.52. The molecule has 2 N–H and O–H groups in total. The third-order valence-electron chi connectivity index (χ3n) is 4.50. The number of methoxy groups -OCH3 is 2. The lowest BCUT2D eigenvalue weighted by atomic mass is 9.94. The Hall–Kier alpha value is -1.83. The van der Waals surface area contributed by atoms with Crippen molar-refractivity contribution in [3.63, 3.8) is 0 Å². The first kappa shape index (κ1) is 20.5. The topological polar surface area (TPSA) is 73.3 Å². The minimum atomic E-state index is -0.206. The van der Waals surface area contributed by atoms with E-state index in [2.05, 4.69) is 15.6 Å². The van der Waals surface area contributed by atoms with E-state index in [4.69, 9.17) is 18.9 Å². The first-order valence-electron chi connectivity index (χ1n) is 9.04. The van der Waals surface area contributed by atoms with Crippen LogP contribution in [0.4, 0.5) is 5.69 Å². The molecule has 0 aromatic heterocycles. The molecule has 7 heteroatoms. The largest absolute Gasteiger partial charge is 0.493 e. The van der Waals surface area contributed by atoms with Gasteiger partial charge in [0.2, 0.25) is 0 Å². The van der Waals surface area contributed by atoms with Gasteiger partial charge in [0.1, 0.15) is 5.75 Å². The monoisotopic (exact) mass is 365 g/mol. The molecule has 0 atom stereocenters. The van der Waals surface area contributed by atoms with Crippen LogP contribution in [0, 0.1) is 0 Å². The van der Waals surface area contributed by atoms with E-state index in [0.29, 0.717) is 25.7 Å². The van der Waals surface area contributed by atoms with E-state index in [0.717, 1.165) is 43.9 Å². The standard InChI is InChI=1S/C19H31N3O4/c1-20-18(21-15-19(24-3)8-12-25-13-9-19)22-16-6-4-7-17(14-16)26-11-5-10-23-2/h4,6-7,14H,5,8-13,15H2,1-3H3,(H2,20,21,22). The first-order chi connectivity index (χ1) is 12.7. The number of anilines is 1. The number of hydrogen-bond acceptors (Lipinski definition) is 5. The molecule has 1 aliphatic heterocycles. The summed E-state index contributed by atoms with van der Waals surface area (Å²) in [6.45, 7) is 3.46. The zero-order valence-corrected chi connectivity index (χ0v) is 16.0. The fourth-order valence-electron chi connectivity index (χ4n) is 2.81. The van der Waals surface area contributed by atoms with E-state index in [1.165, 1.54) is 0 Å². The van der Waals surface area contributed by atoms with Crippen LogP contribution < -0.4 is 15.4 Å². The Kier molecular flexibility index (Phi) is 8.67. The molecule has 0 radical (unpaired) electrons. The number of nitrogens with one attached hydrogen (secondary N) is 2. The molecule has 1 aliphatic rings. The van der Waals surface area contributed by atoms with Crippen molar-refractivity contribution in [2.45, 2.75) is 24.9 Å². The number of rotatable bonds is 9. The van der Waals surface area contributed by atoms with Gasteiger partial charge in [0.05, 0.1) is 12.2 Å². The fourth-order valence-corrected chi connectivity index (χ4v) is 2.81. The van der Waals surface area contributed by atoms with Crippen LogP contribution in [-0.4, -0.2) is 65.8 Å². The second-order valence-corrected chi connectivity index (χ2v) is 6.27. The highest BCUT2D eigenvalue weighted by atomic mass is 16.5. The van der Waals surface area contributed by atoms with Crippen LogP contribution in [-0.2, 0) is 14.2 Å². The van der Waals surface area contributed by atoms with Crippen LogP contribution in [0.25, 0.3) is 0 Å². The molecule has 0 aliphatic carbocycles. The number of nitrogens with zero attached hydrogens (tertiary/aromatic N) is 1. The minimum absolute atomic E-state index is 0.206. The van der Waals surface area contributed by atoms with E-state index in [1.807, 2.05) is 24.3 Å². The number of guanidine groups is 1. The molecular formula is C19H31N3O4. The molecule has 7 nitrogen and oxygen atoms in total. The van der Waals surface area contributed by atoms with E-state index in [-0.39, 0.29) is 5.60 Å². The molecule has 0 bridgehead atoms. The molecule has 0 spiro atoms. The average molecular weight is 365 g/mol. The fraction of sp³-hybridized carbons (Fsp3) is 0.632. The predicted octanol–water partition coefficient (Wildman–Crippen LogP) is 2.28. The highest BCUT2D eigenvalue weighted by Gasteiger charge is 2.32. The van der Waals surface area contributed by atoms with Crippen LogP contribution in [0.2, 0.25) is 0 Å². The molecule has 26 heavy (non-hydrogen) atoms. The summed E-state index contributed by atoms with van der Waals surface area (Å²) < 4.78 is 22.0. The average Bonchev–Trinajstić information content (AvgIpc) is 2.69. The van der Waals surface area contributed by atoms with Gasteiger partial charge in [-0.1, -0.05) is 6.07 Å². The summed E-state index contributed by atoms with van der Waals surface area (Å²) in [5.41, 5.74) is 0.711. The van der Waals surface area contributed by atoms with E-state index in [9.17, 15) is 0 Å². The number of aliphatic imine (C=N–C) groups is 1. The van der Waals surface area contributed by atoms with Crippen molar-refractivity contribution < 1.29 is 18.9 Å². The smallest absolute Gasteiger partial charge is 0.195 e. The van der Waals surface area contributed by atoms with Crippen molar-refractivity contribution in [1.82, 2.24) is 5.32 Å². The minimum Gasteiger partial charge on any atom is -0.493 e. The van der Waals surface area contributed by atoms with Crippen LogP contribution in [0.5, 0.6) is 5.75 Å². The number of hydrogen-bond donors (Lipinski definition) is 2. The molecule has 2 rings (SSSR count). The van der Waals surface area contributed by atoms with Crippen molar-refractivity contribution in [2.75, 3.05) is 59.6 Å². The maximum Gasteiger partial charge on any atom is 0.195 e. The summed E-state index contributed by atoms with van der Waals surface area (Å²) in [7, 11) is 5.20. The van der Waals surface area contributed by atoms with Gasteiger partial charge in [-0.2, -0.15) is 0 Å². The Balaban J connectivity index is 1.87. The van der Waals surface area contributed by atoms with Crippen molar-refractivity contribution in [3.05, 3.63) is 24.3 Å². The van der Waals surface area contributed by atoms with E-state index < -0.39 is 0 Å². The molecule has 146 valence electrons. The maximum atomic E-state index is 5.75. The van der Waals surface area contributed by atoms with Crippen LogP contribution >= 0.6 is 0 Å². The number of ether oxygens (including phenoxy) is 4. The molecule has 0 unspecified atom stereocenters. The molecule has 0 amide bonds. The molecule has 1 aromatic rings. The molecule has 1 fully saturated rings. The van der Waals surface area contributed by atoms with Crippen molar-refractivity contribution in [3.8, 4) is 5.75 Å².